The number of fused-ring (bicyclic) bond motifs is 2. The Kier molecular flexibility index (Phi) is 7.27. The van der Waals surface area contributed by atoms with Crippen molar-refractivity contribution < 1.29 is 42.6 Å². The molecule has 3 aromatic carbocycles. The van der Waals surface area contributed by atoms with Crippen LogP contribution in [0.2, 0.25) is 0 Å². The maximum atomic E-state index is 13.6. The van der Waals surface area contributed by atoms with E-state index < -0.39 is 48.2 Å². The first-order valence-corrected chi connectivity index (χ1v) is 13.0. The highest BCUT2D eigenvalue weighted by molar-refractivity contribution is 7.54. The number of aromatic hydroxyl groups is 2. The molecule has 3 aromatic rings. The van der Waals surface area contributed by atoms with Gasteiger partial charge in [-0.25, -0.2) is 4.39 Å². The molecule has 1 aliphatic carbocycles. The average molecular weight is 527 g/mol. The SMILES string of the molecule is CCOP(=O)(OCC)C(NC(=O)c1cc(O)c2c(c1)C(=O)c1cccc(O)c1C2=O)c1ccc(F)cc1. The third-order valence-corrected chi connectivity index (χ3v) is 8.05. The van der Waals surface area contributed by atoms with E-state index in [0.29, 0.717) is 0 Å². The Morgan fingerprint density at radius 1 is 0.919 bits per heavy atom. The minimum Gasteiger partial charge on any atom is -0.507 e. The van der Waals surface area contributed by atoms with Crippen molar-refractivity contribution in [1.29, 1.82) is 0 Å². The third-order valence-electron chi connectivity index (χ3n) is 5.75. The standard InChI is InChI=1S/C26H23FNO8P/c1-3-35-37(34,36-4-2)26(14-8-10-16(27)11-9-14)28-25(33)15-12-18-22(20(30)13-15)24(32)21-17(23(18)31)6-5-7-19(21)29/h5-13,26,29-30H,3-4H2,1-2H3,(H,28,33). The van der Waals surface area contributed by atoms with E-state index in [4.69, 9.17) is 9.05 Å². The summed E-state index contributed by atoms with van der Waals surface area (Å²) in [4.78, 5) is 39.4. The molecular formula is C26H23FNO8P. The molecule has 0 radical (unpaired) electrons. The molecule has 192 valence electrons. The van der Waals surface area contributed by atoms with E-state index in [1.807, 2.05) is 0 Å². The smallest absolute Gasteiger partial charge is 0.357 e. The molecule has 0 aromatic heterocycles. The van der Waals surface area contributed by atoms with Crippen LogP contribution in [0.1, 0.15) is 67.4 Å². The lowest BCUT2D eigenvalue weighted by Crippen LogP contribution is -2.30. The zero-order chi connectivity index (χ0) is 26.9. The number of hydrogen-bond acceptors (Lipinski definition) is 8. The predicted octanol–water partition coefficient (Wildman–Crippen LogP) is 4.71. The Hall–Kier alpha value is -3.85. The fraction of sp³-hybridized carbons (Fsp3) is 0.192. The summed E-state index contributed by atoms with van der Waals surface area (Å²) in [6.07, 6.45) is 0. The molecule has 1 aliphatic rings. The number of ketones is 2. The van der Waals surface area contributed by atoms with E-state index in [-0.39, 0.29) is 46.6 Å². The van der Waals surface area contributed by atoms with Crippen molar-refractivity contribution in [3.8, 4) is 11.5 Å². The molecule has 0 saturated carbocycles. The number of nitrogens with one attached hydrogen (secondary N) is 1. The highest BCUT2D eigenvalue weighted by Crippen LogP contribution is 2.59. The zero-order valence-electron chi connectivity index (χ0n) is 19.9. The van der Waals surface area contributed by atoms with Gasteiger partial charge in [0.1, 0.15) is 17.3 Å². The lowest BCUT2D eigenvalue weighted by Gasteiger charge is -2.27. The summed E-state index contributed by atoms with van der Waals surface area (Å²) in [5, 5.41) is 23.3. The number of carbonyl (C=O) groups is 3. The van der Waals surface area contributed by atoms with Gasteiger partial charge in [0, 0.05) is 16.7 Å². The lowest BCUT2D eigenvalue weighted by molar-refractivity contribution is 0.0934. The highest BCUT2D eigenvalue weighted by atomic mass is 31.2. The van der Waals surface area contributed by atoms with Crippen molar-refractivity contribution in [2.24, 2.45) is 0 Å². The van der Waals surface area contributed by atoms with Gasteiger partial charge >= 0.3 is 7.60 Å². The maximum absolute atomic E-state index is 13.6. The fourth-order valence-corrected chi connectivity index (χ4v) is 6.06. The summed E-state index contributed by atoms with van der Waals surface area (Å²) in [6, 6.07) is 11.0. The second kappa shape index (κ2) is 10.3. The Morgan fingerprint density at radius 2 is 1.54 bits per heavy atom. The topological polar surface area (TPSA) is 139 Å². The van der Waals surface area contributed by atoms with Crippen molar-refractivity contribution in [2.75, 3.05) is 13.2 Å². The van der Waals surface area contributed by atoms with Crippen LogP contribution in [0.4, 0.5) is 4.39 Å². The summed E-state index contributed by atoms with van der Waals surface area (Å²) in [5.41, 5.74) is -0.871. The predicted molar refractivity (Wildman–Crippen MR) is 131 cm³/mol. The third kappa shape index (κ3) is 4.79. The normalized spacial score (nSPS) is 13.6. The minimum atomic E-state index is -4.01. The van der Waals surface area contributed by atoms with Gasteiger partial charge in [-0.3, -0.25) is 18.9 Å². The van der Waals surface area contributed by atoms with Crippen LogP contribution in [0.25, 0.3) is 0 Å². The van der Waals surface area contributed by atoms with E-state index in [1.54, 1.807) is 13.8 Å². The van der Waals surface area contributed by atoms with Crippen LogP contribution in [-0.2, 0) is 13.6 Å². The summed E-state index contributed by atoms with van der Waals surface area (Å²) in [5.74, 6) is -5.27. The molecule has 0 bridgehead atoms. The van der Waals surface area contributed by atoms with Gasteiger partial charge in [-0.05, 0) is 49.7 Å². The minimum absolute atomic E-state index is 0.00660. The van der Waals surface area contributed by atoms with Crippen LogP contribution in [-0.4, -0.2) is 40.9 Å². The molecule has 37 heavy (non-hydrogen) atoms. The molecule has 0 heterocycles. The van der Waals surface area contributed by atoms with Crippen LogP contribution in [0.3, 0.4) is 0 Å². The number of amides is 1. The van der Waals surface area contributed by atoms with Crippen molar-refractivity contribution >= 4 is 25.1 Å². The second-order valence-corrected chi connectivity index (χ2v) is 10.2. The first kappa shape index (κ1) is 26.2. The largest absolute Gasteiger partial charge is 0.507 e. The van der Waals surface area contributed by atoms with Crippen molar-refractivity contribution in [3.05, 3.63) is 93.8 Å². The Bertz CT molecular complexity index is 1440. The number of rotatable bonds is 8. The maximum Gasteiger partial charge on any atom is 0.357 e. The first-order chi connectivity index (χ1) is 17.6. The van der Waals surface area contributed by atoms with Gasteiger partial charge in [0.25, 0.3) is 5.91 Å². The Labute approximate surface area is 211 Å². The van der Waals surface area contributed by atoms with Crippen LogP contribution >= 0.6 is 7.60 Å². The molecule has 0 aliphatic heterocycles. The van der Waals surface area contributed by atoms with E-state index >= 15 is 0 Å². The van der Waals surface area contributed by atoms with E-state index in [1.165, 1.54) is 30.3 Å². The van der Waals surface area contributed by atoms with Gasteiger partial charge in [-0.15, -0.1) is 0 Å². The monoisotopic (exact) mass is 527 g/mol. The van der Waals surface area contributed by atoms with Crippen LogP contribution in [0.15, 0.2) is 54.6 Å². The molecule has 0 spiro atoms. The van der Waals surface area contributed by atoms with Crippen molar-refractivity contribution in [3.63, 3.8) is 0 Å². The molecule has 3 N–H and O–H groups in total. The fourth-order valence-electron chi connectivity index (χ4n) is 4.16. The van der Waals surface area contributed by atoms with Gasteiger partial charge in [0.15, 0.2) is 11.6 Å². The van der Waals surface area contributed by atoms with Crippen LogP contribution in [0, 0.1) is 5.82 Å². The van der Waals surface area contributed by atoms with Crippen LogP contribution < -0.4 is 5.32 Å². The number of phenols is 2. The Balaban J connectivity index is 1.76. The van der Waals surface area contributed by atoms with E-state index in [9.17, 15) is 33.6 Å². The Morgan fingerprint density at radius 3 is 2.16 bits per heavy atom. The van der Waals surface area contributed by atoms with Crippen molar-refractivity contribution in [2.45, 2.75) is 19.6 Å². The highest BCUT2D eigenvalue weighted by Gasteiger charge is 2.39. The van der Waals surface area contributed by atoms with Crippen LogP contribution in [0.5, 0.6) is 11.5 Å². The summed E-state index contributed by atoms with van der Waals surface area (Å²) < 4.78 is 38.0. The lowest BCUT2D eigenvalue weighted by atomic mass is 9.82. The van der Waals surface area contributed by atoms with Gasteiger partial charge in [-0.2, -0.15) is 0 Å². The molecule has 1 amide bonds. The molecule has 0 fully saturated rings. The molecular weight excluding hydrogens is 504 g/mol. The van der Waals surface area contributed by atoms with Gasteiger partial charge < -0.3 is 24.6 Å². The molecule has 1 atom stereocenters. The summed E-state index contributed by atoms with van der Waals surface area (Å²) in [7, 11) is -4.01. The van der Waals surface area contributed by atoms with E-state index in [0.717, 1.165) is 24.3 Å². The molecule has 0 saturated heterocycles. The molecule has 4 rings (SSSR count). The zero-order valence-corrected chi connectivity index (χ0v) is 20.8. The molecule has 1 unspecified atom stereocenters. The van der Waals surface area contributed by atoms with Gasteiger partial charge in [0.2, 0.25) is 5.78 Å². The second-order valence-electron chi connectivity index (χ2n) is 8.08. The number of carbonyl (C=O) groups excluding carboxylic acids is 3. The van der Waals surface area contributed by atoms with Gasteiger partial charge in [-0.1, -0.05) is 24.3 Å². The first-order valence-electron chi connectivity index (χ1n) is 11.3. The van der Waals surface area contributed by atoms with Crippen molar-refractivity contribution in [1.82, 2.24) is 5.32 Å². The molecule has 11 heteroatoms. The van der Waals surface area contributed by atoms with Gasteiger partial charge in [0.05, 0.1) is 24.3 Å². The number of hydrogen-bond donors (Lipinski definition) is 3. The average Bonchev–Trinajstić information content (AvgIpc) is 2.86. The molecule has 9 nitrogen and oxygen atoms in total. The number of benzene rings is 3. The number of halogens is 1. The van der Waals surface area contributed by atoms with E-state index in [2.05, 4.69) is 5.32 Å². The quantitative estimate of drug-likeness (QED) is 0.280. The summed E-state index contributed by atoms with van der Waals surface area (Å²) >= 11 is 0. The number of phenolic OH excluding ortho intramolecular Hbond substituents is 2. The summed E-state index contributed by atoms with van der Waals surface area (Å²) in [6.45, 7) is 3.17.